The van der Waals surface area contributed by atoms with E-state index in [1.165, 1.54) is 6.07 Å². The molecule has 0 saturated heterocycles. The summed E-state index contributed by atoms with van der Waals surface area (Å²) in [4.78, 5) is 0. The molecule has 0 saturated carbocycles. The zero-order chi connectivity index (χ0) is 10.9. The van der Waals surface area contributed by atoms with Gasteiger partial charge in [-0.25, -0.2) is 4.39 Å². The van der Waals surface area contributed by atoms with E-state index >= 15 is 0 Å². The average Bonchev–Trinajstić information content (AvgIpc) is 1.96. The molecule has 0 fully saturated rings. The first-order valence-corrected chi connectivity index (χ1v) is 5.07. The van der Waals surface area contributed by atoms with Crippen LogP contribution in [-0.4, -0.2) is 6.36 Å². The number of hydrogen-bond donors (Lipinski definition) is 0. The maximum atomic E-state index is 13.0. The van der Waals surface area contributed by atoms with Gasteiger partial charge in [0.05, 0.1) is 4.47 Å². The monoisotopic (exact) mass is 384 g/mol. The summed E-state index contributed by atoms with van der Waals surface area (Å²) < 4.78 is 52.2. The van der Waals surface area contributed by atoms with E-state index < -0.39 is 17.9 Å². The molecule has 0 spiro atoms. The Labute approximate surface area is 98.7 Å². The molecule has 0 aromatic heterocycles. The summed E-state index contributed by atoms with van der Waals surface area (Å²) in [6, 6.07) is 2.31. The average molecular weight is 385 g/mol. The molecule has 0 atom stereocenters. The van der Waals surface area contributed by atoms with Gasteiger partial charge in [0.2, 0.25) is 0 Å². The van der Waals surface area contributed by atoms with Crippen molar-refractivity contribution in [3.05, 3.63) is 26.0 Å². The van der Waals surface area contributed by atoms with Crippen molar-refractivity contribution in [2.75, 3.05) is 0 Å². The number of halogens is 6. The first-order valence-electron chi connectivity index (χ1n) is 3.20. The van der Waals surface area contributed by atoms with E-state index in [-0.39, 0.29) is 4.47 Å². The van der Waals surface area contributed by atoms with Crippen LogP contribution in [0.1, 0.15) is 0 Å². The highest BCUT2D eigenvalue weighted by Crippen LogP contribution is 2.31. The van der Waals surface area contributed by atoms with Crippen LogP contribution in [0.25, 0.3) is 0 Å². The molecule has 1 nitrogen and oxygen atoms in total. The third kappa shape index (κ3) is 3.26. The van der Waals surface area contributed by atoms with Crippen LogP contribution in [0.4, 0.5) is 17.6 Å². The Morgan fingerprint density at radius 1 is 1.29 bits per heavy atom. The largest absolute Gasteiger partial charge is 0.573 e. The minimum absolute atomic E-state index is 0.0661. The van der Waals surface area contributed by atoms with Crippen LogP contribution in [0.15, 0.2) is 16.6 Å². The van der Waals surface area contributed by atoms with Crippen molar-refractivity contribution in [1.82, 2.24) is 0 Å². The molecule has 14 heavy (non-hydrogen) atoms. The smallest absolute Gasteiger partial charge is 0.403 e. The third-order valence-corrected chi connectivity index (χ3v) is 2.39. The molecule has 0 radical (unpaired) electrons. The van der Waals surface area contributed by atoms with E-state index in [0.29, 0.717) is 3.57 Å². The Morgan fingerprint density at radius 3 is 2.36 bits per heavy atom. The van der Waals surface area contributed by atoms with Gasteiger partial charge in [0.1, 0.15) is 0 Å². The number of rotatable bonds is 1. The molecular weight excluding hydrogens is 383 g/mol. The highest BCUT2D eigenvalue weighted by Gasteiger charge is 2.32. The second kappa shape index (κ2) is 4.21. The molecule has 0 bridgehead atoms. The van der Waals surface area contributed by atoms with Crippen molar-refractivity contribution in [3.8, 4) is 5.75 Å². The molecule has 1 rings (SSSR count). The van der Waals surface area contributed by atoms with Gasteiger partial charge in [-0.3, -0.25) is 0 Å². The fourth-order valence-corrected chi connectivity index (χ4v) is 2.20. The molecule has 78 valence electrons. The van der Waals surface area contributed by atoms with Gasteiger partial charge in [0, 0.05) is 3.57 Å². The quantitative estimate of drug-likeness (QED) is 0.402. The minimum atomic E-state index is -4.88. The van der Waals surface area contributed by atoms with E-state index in [0.717, 1.165) is 6.07 Å². The molecule has 0 N–H and O–H groups in total. The molecule has 7 heteroatoms. The van der Waals surface area contributed by atoms with Crippen LogP contribution >= 0.6 is 38.5 Å². The summed E-state index contributed by atoms with van der Waals surface area (Å²) in [6.45, 7) is 0. The van der Waals surface area contributed by atoms with Crippen molar-refractivity contribution >= 4 is 38.5 Å². The van der Waals surface area contributed by atoms with Gasteiger partial charge in [0.25, 0.3) is 0 Å². The summed E-state index contributed by atoms with van der Waals surface area (Å²) >= 11 is 4.53. The van der Waals surface area contributed by atoms with Crippen molar-refractivity contribution in [2.45, 2.75) is 6.36 Å². The van der Waals surface area contributed by atoms with Gasteiger partial charge in [-0.05, 0) is 50.7 Å². The Bertz CT molecular complexity index is 352. The van der Waals surface area contributed by atoms with Crippen LogP contribution in [0.3, 0.4) is 0 Å². The first-order chi connectivity index (χ1) is 6.29. The Morgan fingerprint density at radius 2 is 1.86 bits per heavy atom. The SMILES string of the molecule is Fc1c(Br)cc(I)cc1OC(F)(F)F. The standard InChI is InChI=1S/C7H2BrF4IO/c8-4-1-3(13)2-5(6(4)9)14-7(10,11)12/h1-2H. The predicted octanol–water partition coefficient (Wildman–Crippen LogP) is 4.09. The first kappa shape index (κ1) is 12.0. The van der Waals surface area contributed by atoms with E-state index in [9.17, 15) is 17.6 Å². The summed E-state index contributed by atoms with van der Waals surface area (Å²) in [5.41, 5.74) is 0. The number of alkyl halides is 3. The lowest BCUT2D eigenvalue weighted by Crippen LogP contribution is -2.18. The minimum Gasteiger partial charge on any atom is -0.403 e. The normalized spacial score (nSPS) is 11.6. The second-order valence-electron chi connectivity index (χ2n) is 2.25. The molecule has 0 amide bonds. The Kier molecular flexibility index (Phi) is 3.62. The zero-order valence-electron chi connectivity index (χ0n) is 6.33. The molecule has 0 aliphatic rings. The fourth-order valence-electron chi connectivity index (χ4n) is 0.731. The number of ether oxygens (including phenoxy) is 1. The summed E-state index contributed by atoms with van der Waals surface area (Å²) in [7, 11) is 0. The lowest BCUT2D eigenvalue weighted by molar-refractivity contribution is -0.275. The van der Waals surface area contributed by atoms with E-state index in [1.807, 2.05) is 0 Å². The third-order valence-electron chi connectivity index (χ3n) is 1.19. The molecule has 0 unspecified atom stereocenters. The molecule has 0 aliphatic heterocycles. The van der Waals surface area contributed by atoms with Crippen LogP contribution in [0.2, 0.25) is 0 Å². The Balaban J connectivity index is 3.09. The van der Waals surface area contributed by atoms with Crippen molar-refractivity contribution in [1.29, 1.82) is 0 Å². The van der Waals surface area contributed by atoms with Gasteiger partial charge >= 0.3 is 6.36 Å². The van der Waals surface area contributed by atoms with Gasteiger partial charge in [-0.1, -0.05) is 0 Å². The van der Waals surface area contributed by atoms with Crippen LogP contribution in [0.5, 0.6) is 5.75 Å². The van der Waals surface area contributed by atoms with Crippen molar-refractivity contribution in [2.24, 2.45) is 0 Å². The Hall–Kier alpha value is -0.0500. The van der Waals surface area contributed by atoms with Gasteiger partial charge in [-0.15, -0.1) is 13.2 Å². The summed E-state index contributed by atoms with van der Waals surface area (Å²) in [5.74, 6) is -1.90. The maximum Gasteiger partial charge on any atom is 0.573 e. The number of hydrogen-bond acceptors (Lipinski definition) is 1. The highest BCUT2D eigenvalue weighted by atomic mass is 127. The maximum absolute atomic E-state index is 13.0. The number of benzene rings is 1. The topological polar surface area (TPSA) is 9.23 Å². The van der Waals surface area contributed by atoms with Crippen LogP contribution in [0, 0.1) is 9.39 Å². The molecular formula is C7H2BrF4IO. The highest BCUT2D eigenvalue weighted by molar-refractivity contribution is 14.1. The molecule has 1 aromatic carbocycles. The van der Waals surface area contributed by atoms with Gasteiger partial charge in [0.15, 0.2) is 11.6 Å². The zero-order valence-corrected chi connectivity index (χ0v) is 10.1. The molecule has 1 aromatic rings. The summed E-state index contributed by atoms with van der Waals surface area (Å²) in [5, 5.41) is 0. The second-order valence-corrected chi connectivity index (χ2v) is 4.35. The van der Waals surface area contributed by atoms with E-state index in [2.05, 4.69) is 20.7 Å². The van der Waals surface area contributed by atoms with E-state index in [4.69, 9.17) is 0 Å². The lowest BCUT2D eigenvalue weighted by Gasteiger charge is -2.10. The fraction of sp³-hybridized carbons (Fsp3) is 0.143. The predicted molar refractivity (Wildman–Crippen MR) is 53.5 cm³/mol. The van der Waals surface area contributed by atoms with Gasteiger partial charge < -0.3 is 4.74 Å². The molecule has 0 heterocycles. The van der Waals surface area contributed by atoms with Gasteiger partial charge in [-0.2, -0.15) is 0 Å². The lowest BCUT2D eigenvalue weighted by atomic mass is 10.3. The van der Waals surface area contributed by atoms with Crippen molar-refractivity contribution in [3.63, 3.8) is 0 Å². The van der Waals surface area contributed by atoms with E-state index in [1.54, 1.807) is 22.6 Å². The van der Waals surface area contributed by atoms with Crippen molar-refractivity contribution < 1.29 is 22.3 Å². The summed E-state index contributed by atoms with van der Waals surface area (Å²) in [6.07, 6.45) is -4.88. The van der Waals surface area contributed by atoms with Crippen LogP contribution in [-0.2, 0) is 0 Å². The molecule has 0 aliphatic carbocycles. The van der Waals surface area contributed by atoms with Crippen LogP contribution < -0.4 is 4.74 Å².